The van der Waals surface area contributed by atoms with E-state index in [4.69, 9.17) is 0 Å². The van der Waals surface area contributed by atoms with Crippen LogP contribution in [0.5, 0.6) is 0 Å². The van der Waals surface area contributed by atoms with Gasteiger partial charge in [-0.05, 0) is 63.1 Å². The van der Waals surface area contributed by atoms with Crippen molar-refractivity contribution in [2.24, 2.45) is 11.3 Å². The zero-order valence-electron chi connectivity index (χ0n) is 12.1. The van der Waals surface area contributed by atoms with Gasteiger partial charge in [0.2, 0.25) is 0 Å². The molecule has 104 valence electrons. The molecule has 3 rings (SSSR count). The smallest absolute Gasteiger partial charge is 0.0124 e. The van der Waals surface area contributed by atoms with Gasteiger partial charge in [-0.1, -0.05) is 26.2 Å². The van der Waals surface area contributed by atoms with Crippen LogP contribution in [-0.4, -0.2) is 37.1 Å². The minimum Gasteiger partial charge on any atom is -0.313 e. The summed E-state index contributed by atoms with van der Waals surface area (Å²) in [7, 11) is 0. The minimum absolute atomic E-state index is 0.737. The predicted octanol–water partition coefficient (Wildman–Crippen LogP) is 3.03. The van der Waals surface area contributed by atoms with Gasteiger partial charge in [0.15, 0.2) is 0 Å². The maximum absolute atomic E-state index is 3.94. The zero-order chi connectivity index (χ0) is 12.4. The van der Waals surface area contributed by atoms with Crippen molar-refractivity contribution in [3.63, 3.8) is 0 Å². The van der Waals surface area contributed by atoms with E-state index in [1.807, 2.05) is 0 Å². The summed E-state index contributed by atoms with van der Waals surface area (Å²) in [4.78, 5) is 2.60. The fourth-order valence-corrected chi connectivity index (χ4v) is 4.55. The summed E-state index contributed by atoms with van der Waals surface area (Å²) in [5.74, 6) is 0.922. The highest BCUT2D eigenvalue weighted by Gasteiger charge is 2.46. The van der Waals surface area contributed by atoms with Crippen molar-refractivity contribution >= 4 is 0 Å². The fraction of sp³-hybridized carbons (Fsp3) is 1.00. The van der Waals surface area contributed by atoms with Gasteiger partial charge in [0, 0.05) is 12.6 Å². The molecule has 2 aliphatic carbocycles. The summed E-state index contributed by atoms with van der Waals surface area (Å²) in [6.45, 7) is 7.48. The van der Waals surface area contributed by atoms with Crippen LogP contribution in [0, 0.1) is 11.3 Å². The Balaban J connectivity index is 1.43. The van der Waals surface area contributed by atoms with Gasteiger partial charge in [-0.25, -0.2) is 0 Å². The highest BCUT2D eigenvalue weighted by molar-refractivity contribution is 5.01. The van der Waals surface area contributed by atoms with E-state index in [1.54, 1.807) is 0 Å². The molecule has 0 aromatic heterocycles. The van der Waals surface area contributed by atoms with Crippen LogP contribution < -0.4 is 5.32 Å². The topological polar surface area (TPSA) is 15.3 Å². The zero-order valence-corrected chi connectivity index (χ0v) is 12.1. The second-order valence-corrected chi connectivity index (χ2v) is 6.97. The lowest BCUT2D eigenvalue weighted by atomic mass is 9.57. The Kier molecular flexibility index (Phi) is 3.95. The van der Waals surface area contributed by atoms with Crippen LogP contribution in [0.15, 0.2) is 0 Å². The van der Waals surface area contributed by atoms with Crippen LogP contribution >= 0.6 is 0 Å². The van der Waals surface area contributed by atoms with Gasteiger partial charge < -0.3 is 10.2 Å². The molecule has 0 aromatic carbocycles. The maximum atomic E-state index is 3.94. The Hall–Kier alpha value is -0.0800. The van der Waals surface area contributed by atoms with Gasteiger partial charge in [-0.15, -0.1) is 0 Å². The third-order valence-electron chi connectivity index (χ3n) is 5.99. The number of nitrogens with one attached hydrogen (secondary N) is 1. The summed E-state index contributed by atoms with van der Waals surface area (Å²) in [5.41, 5.74) is 0.737. The van der Waals surface area contributed by atoms with Gasteiger partial charge in [0.05, 0.1) is 0 Å². The molecule has 1 saturated heterocycles. The number of rotatable bonds is 4. The molecule has 0 amide bonds. The molecule has 2 unspecified atom stereocenters. The molecule has 0 aromatic rings. The van der Waals surface area contributed by atoms with E-state index in [1.165, 1.54) is 77.5 Å². The lowest BCUT2D eigenvalue weighted by Gasteiger charge is -2.53. The Labute approximate surface area is 113 Å². The predicted molar refractivity (Wildman–Crippen MR) is 76.8 cm³/mol. The van der Waals surface area contributed by atoms with Gasteiger partial charge in [-0.3, -0.25) is 0 Å². The highest BCUT2D eigenvalue weighted by Crippen LogP contribution is 2.51. The van der Waals surface area contributed by atoms with Crippen molar-refractivity contribution in [1.82, 2.24) is 10.2 Å². The van der Waals surface area contributed by atoms with Crippen LogP contribution in [0.2, 0.25) is 0 Å². The van der Waals surface area contributed by atoms with E-state index in [0.717, 1.165) is 17.4 Å². The molecule has 1 heterocycles. The summed E-state index contributed by atoms with van der Waals surface area (Å²) in [6, 6.07) is 0.869. The van der Waals surface area contributed by atoms with Crippen LogP contribution in [-0.2, 0) is 0 Å². The summed E-state index contributed by atoms with van der Waals surface area (Å²) in [6.07, 6.45) is 11.9. The largest absolute Gasteiger partial charge is 0.313 e. The molecule has 0 bridgehead atoms. The molecular weight excluding hydrogens is 220 g/mol. The molecule has 1 aliphatic heterocycles. The average Bonchev–Trinajstić information content (AvgIpc) is 2.87. The highest BCUT2D eigenvalue weighted by atomic mass is 15.1. The first-order valence-electron chi connectivity index (χ1n) is 8.28. The van der Waals surface area contributed by atoms with Crippen LogP contribution in [0.25, 0.3) is 0 Å². The van der Waals surface area contributed by atoms with Crippen molar-refractivity contribution in [3.05, 3.63) is 0 Å². The van der Waals surface area contributed by atoms with E-state index < -0.39 is 0 Å². The minimum atomic E-state index is 0.737. The van der Waals surface area contributed by atoms with Crippen LogP contribution in [0.4, 0.5) is 0 Å². The summed E-state index contributed by atoms with van der Waals surface area (Å²) < 4.78 is 0. The van der Waals surface area contributed by atoms with Crippen LogP contribution in [0.3, 0.4) is 0 Å². The maximum Gasteiger partial charge on any atom is 0.0124 e. The van der Waals surface area contributed by atoms with Crippen molar-refractivity contribution in [2.75, 3.05) is 26.2 Å². The number of hydrogen-bond acceptors (Lipinski definition) is 2. The monoisotopic (exact) mass is 250 g/mol. The third kappa shape index (κ3) is 2.46. The molecule has 2 saturated carbocycles. The molecule has 2 heteroatoms. The third-order valence-corrected chi connectivity index (χ3v) is 5.99. The first-order valence-corrected chi connectivity index (χ1v) is 8.28. The Morgan fingerprint density at radius 1 is 1.11 bits per heavy atom. The number of likely N-dealkylation sites (tertiary alicyclic amines) is 1. The van der Waals surface area contributed by atoms with Gasteiger partial charge in [-0.2, -0.15) is 0 Å². The van der Waals surface area contributed by atoms with Crippen molar-refractivity contribution < 1.29 is 0 Å². The van der Waals surface area contributed by atoms with E-state index >= 15 is 0 Å². The second kappa shape index (κ2) is 5.50. The Morgan fingerprint density at radius 2 is 1.94 bits per heavy atom. The van der Waals surface area contributed by atoms with Crippen molar-refractivity contribution in [1.29, 1.82) is 0 Å². The lowest BCUT2D eigenvalue weighted by Crippen LogP contribution is -2.55. The SMILES string of the molecule is CCN1CCC(CNC2CCC23CCCCC3)C1. The van der Waals surface area contributed by atoms with Gasteiger partial charge >= 0.3 is 0 Å². The van der Waals surface area contributed by atoms with Crippen LogP contribution in [0.1, 0.15) is 58.3 Å². The molecule has 0 radical (unpaired) electrons. The lowest BCUT2D eigenvalue weighted by molar-refractivity contribution is 0.0212. The van der Waals surface area contributed by atoms with E-state index in [9.17, 15) is 0 Å². The number of hydrogen-bond donors (Lipinski definition) is 1. The van der Waals surface area contributed by atoms with E-state index in [2.05, 4.69) is 17.1 Å². The Bertz CT molecular complexity index is 270. The molecule has 1 spiro atoms. The molecule has 2 atom stereocenters. The Morgan fingerprint density at radius 3 is 2.56 bits per heavy atom. The van der Waals surface area contributed by atoms with Crippen molar-refractivity contribution in [2.45, 2.75) is 64.3 Å². The fourth-order valence-electron chi connectivity index (χ4n) is 4.55. The number of nitrogens with zero attached hydrogens (tertiary/aromatic N) is 1. The quantitative estimate of drug-likeness (QED) is 0.825. The summed E-state index contributed by atoms with van der Waals surface area (Å²) >= 11 is 0. The molecule has 1 N–H and O–H groups in total. The van der Waals surface area contributed by atoms with E-state index in [-0.39, 0.29) is 0 Å². The van der Waals surface area contributed by atoms with Gasteiger partial charge in [0.1, 0.15) is 0 Å². The molecule has 3 aliphatic rings. The molecule has 2 nitrogen and oxygen atoms in total. The normalized spacial score (nSPS) is 35.8. The van der Waals surface area contributed by atoms with Crippen molar-refractivity contribution in [3.8, 4) is 0 Å². The molecular formula is C16H30N2. The van der Waals surface area contributed by atoms with E-state index in [0.29, 0.717) is 0 Å². The summed E-state index contributed by atoms with van der Waals surface area (Å²) in [5, 5.41) is 3.94. The molecule has 18 heavy (non-hydrogen) atoms. The first-order chi connectivity index (χ1) is 8.82. The standard InChI is InChI=1S/C16H30N2/c1-2-18-11-7-14(13-18)12-17-15-6-10-16(15)8-4-3-5-9-16/h14-15,17H,2-13H2,1H3. The van der Waals surface area contributed by atoms with Gasteiger partial charge in [0.25, 0.3) is 0 Å². The first kappa shape index (κ1) is 12.9. The molecule has 3 fully saturated rings. The average molecular weight is 250 g/mol. The second-order valence-electron chi connectivity index (χ2n) is 6.97.